The fraction of sp³-hybridized carbons (Fsp3) is 0.391. The third-order valence-corrected chi connectivity index (χ3v) is 6.50. The van der Waals surface area contributed by atoms with E-state index in [1.807, 2.05) is 17.0 Å². The van der Waals surface area contributed by atoms with Crippen LogP contribution in [0.15, 0.2) is 36.4 Å². The molecule has 0 bridgehead atoms. The van der Waals surface area contributed by atoms with Crippen LogP contribution in [0.5, 0.6) is 0 Å². The second-order valence-electron chi connectivity index (χ2n) is 7.86. The average Bonchev–Trinajstić information content (AvgIpc) is 3.30. The van der Waals surface area contributed by atoms with Crippen LogP contribution in [-0.4, -0.2) is 42.9 Å². The molecule has 0 aromatic heterocycles. The van der Waals surface area contributed by atoms with E-state index in [1.54, 1.807) is 18.2 Å². The number of hydrogen-bond acceptors (Lipinski definition) is 3. The van der Waals surface area contributed by atoms with Crippen molar-refractivity contribution in [3.8, 4) is 0 Å². The largest absolute Gasteiger partial charge is 0.371 e. The van der Waals surface area contributed by atoms with E-state index in [9.17, 15) is 9.59 Å². The topological polar surface area (TPSA) is 52.7 Å². The average molecular weight is 446 g/mol. The Labute approximate surface area is 186 Å². The van der Waals surface area contributed by atoms with Gasteiger partial charge in [0.05, 0.1) is 15.6 Å². The number of nitrogens with zero attached hydrogens (tertiary/aromatic N) is 2. The number of carbonyl (C=O) groups is 2. The minimum absolute atomic E-state index is 0.0405. The maximum Gasteiger partial charge on any atom is 0.256 e. The number of benzene rings is 2. The molecule has 0 saturated carbocycles. The number of carbonyl (C=O) groups excluding carboxylic acids is 2. The highest BCUT2D eigenvalue weighted by Gasteiger charge is 2.25. The van der Waals surface area contributed by atoms with Gasteiger partial charge in [0.25, 0.3) is 11.8 Å². The molecule has 5 nitrogen and oxygen atoms in total. The quantitative estimate of drug-likeness (QED) is 0.678. The normalized spacial score (nSPS) is 16.6. The Hall–Kier alpha value is -2.24. The van der Waals surface area contributed by atoms with E-state index in [4.69, 9.17) is 23.2 Å². The van der Waals surface area contributed by atoms with E-state index in [0.717, 1.165) is 57.5 Å². The molecule has 2 aliphatic heterocycles. The molecule has 2 saturated heterocycles. The van der Waals surface area contributed by atoms with Crippen molar-refractivity contribution >= 4 is 46.4 Å². The first-order valence-corrected chi connectivity index (χ1v) is 11.2. The van der Waals surface area contributed by atoms with E-state index in [0.29, 0.717) is 26.9 Å². The maximum atomic E-state index is 13.3. The van der Waals surface area contributed by atoms with Crippen molar-refractivity contribution in [2.45, 2.75) is 32.1 Å². The number of halogens is 2. The summed E-state index contributed by atoms with van der Waals surface area (Å²) in [6, 6.07) is 10.4. The van der Waals surface area contributed by atoms with Gasteiger partial charge in [-0.15, -0.1) is 0 Å². The lowest BCUT2D eigenvalue weighted by molar-refractivity contribution is 0.0793. The predicted octanol–water partition coefficient (Wildman–Crippen LogP) is 5.47. The Morgan fingerprint density at radius 3 is 2.20 bits per heavy atom. The van der Waals surface area contributed by atoms with Gasteiger partial charge in [-0.3, -0.25) is 9.59 Å². The molecule has 0 radical (unpaired) electrons. The number of anilines is 2. The molecule has 4 rings (SSSR count). The number of likely N-dealkylation sites (tertiary alicyclic amines) is 1. The van der Waals surface area contributed by atoms with Crippen LogP contribution in [0, 0.1) is 0 Å². The number of rotatable bonds is 4. The SMILES string of the molecule is O=C(Nc1ccc(N2CCCCC2)c(C(=O)N2CCCC2)c1)c1ccc(Cl)c(Cl)c1. The number of amides is 2. The summed E-state index contributed by atoms with van der Waals surface area (Å²) in [7, 11) is 0. The Morgan fingerprint density at radius 1 is 0.800 bits per heavy atom. The number of hydrogen-bond donors (Lipinski definition) is 1. The van der Waals surface area contributed by atoms with Crippen LogP contribution >= 0.6 is 23.2 Å². The monoisotopic (exact) mass is 445 g/mol. The lowest BCUT2D eigenvalue weighted by atomic mass is 10.0. The van der Waals surface area contributed by atoms with Crippen LogP contribution in [0.25, 0.3) is 0 Å². The number of nitrogens with one attached hydrogen (secondary N) is 1. The zero-order valence-electron chi connectivity index (χ0n) is 16.8. The van der Waals surface area contributed by atoms with Crippen molar-refractivity contribution in [1.82, 2.24) is 4.90 Å². The van der Waals surface area contributed by atoms with Gasteiger partial charge >= 0.3 is 0 Å². The molecular formula is C23H25Cl2N3O2. The van der Waals surface area contributed by atoms with Gasteiger partial charge in [-0.05, 0) is 68.5 Å². The summed E-state index contributed by atoms with van der Waals surface area (Å²) < 4.78 is 0. The molecule has 0 unspecified atom stereocenters. The minimum atomic E-state index is -0.293. The second-order valence-corrected chi connectivity index (χ2v) is 8.68. The van der Waals surface area contributed by atoms with Crippen molar-refractivity contribution < 1.29 is 9.59 Å². The Balaban J connectivity index is 1.61. The highest BCUT2D eigenvalue weighted by Crippen LogP contribution is 2.30. The van der Waals surface area contributed by atoms with E-state index >= 15 is 0 Å². The van der Waals surface area contributed by atoms with Gasteiger partial charge in [-0.2, -0.15) is 0 Å². The summed E-state index contributed by atoms with van der Waals surface area (Å²) in [5, 5.41) is 3.62. The van der Waals surface area contributed by atoms with Crippen LogP contribution in [0.4, 0.5) is 11.4 Å². The highest BCUT2D eigenvalue weighted by molar-refractivity contribution is 6.42. The molecule has 1 N–H and O–H groups in total. The van der Waals surface area contributed by atoms with E-state index in [1.165, 1.54) is 12.5 Å². The number of piperidine rings is 1. The van der Waals surface area contributed by atoms with Crippen molar-refractivity contribution in [3.63, 3.8) is 0 Å². The summed E-state index contributed by atoms with van der Waals surface area (Å²) >= 11 is 12.0. The molecule has 30 heavy (non-hydrogen) atoms. The van der Waals surface area contributed by atoms with Crippen LogP contribution < -0.4 is 10.2 Å². The molecule has 2 amide bonds. The van der Waals surface area contributed by atoms with Crippen LogP contribution in [0.1, 0.15) is 52.8 Å². The molecule has 0 aliphatic carbocycles. The summed E-state index contributed by atoms with van der Waals surface area (Å²) in [5.41, 5.74) is 2.62. The third kappa shape index (κ3) is 4.57. The molecule has 2 heterocycles. The fourth-order valence-corrected chi connectivity index (χ4v) is 4.42. The van der Waals surface area contributed by atoms with Gasteiger partial charge in [-0.25, -0.2) is 0 Å². The van der Waals surface area contributed by atoms with Gasteiger partial charge in [0.2, 0.25) is 0 Å². The van der Waals surface area contributed by atoms with Gasteiger partial charge in [0.15, 0.2) is 0 Å². The first-order chi connectivity index (χ1) is 14.5. The zero-order valence-corrected chi connectivity index (χ0v) is 18.3. The van der Waals surface area contributed by atoms with Crippen LogP contribution in [0.2, 0.25) is 10.0 Å². The van der Waals surface area contributed by atoms with Gasteiger partial charge in [0.1, 0.15) is 0 Å². The molecule has 2 aliphatic rings. The summed E-state index contributed by atoms with van der Waals surface area (Å²) in [6.07, 6.45) is 5.57. The first kappa shape index (κ1) is 21.0. The van der Waals surface area contributed by atoms with Crippen LogP contribution in [-0.2, 0) is 0 Å². The molecule has 2 fully saturated rings. The second kappa shape index (κ2) is 9.27. The molecule has 0 atom stereocenters. The van der Waals surface area contributed by atoms with Gasteiger partial charge in [0, 0.05) is 43.1 Å². The molecule has 158 valence electrons. The van der Waals surface area contributed by atoms with Gasteiger partial charge < -0.3 is 15.1 Å². The lowest BCUT2D eigenvalue weighted by Gasteiger charge is -2.31. The van der Waals surface area contributed by atoms with Crippen molar-refractivity contribution in [2.75, 3.05) is 36.4 Å². The molecule has 0 spiro atoms. The zero-order chi connectivity index (χ0) is 21.1. The highest BCUT2D eigenvalue weighted by atomic mass is 35.5. The maximum absolute atomic E-state index is 13.3. The Morgan fingerprint density at radius 2 is 1.50 bits per heavy atom. The summed E-state index contributed by atoms with van der Waals surface area (Å²) in [4.78, 5) is 30.1. The molecular weight excluding hydrogens is 421 g/mol. The molecule has 2 aromatic carbocycles. The predicted molar refractivity (Wildman–Crippen MR) is 122 cm³/mol. The smallest absolute Gasteiger partial charge is 0.256 e. The summed E-state index contributed by atoms with van der Waals surface area (Å²) in [6.45, 7) is 3.49. The van der Waals surface area contributed by atoms with Gasteiger partial charge in [-0.1, -0.05) is 23.2 Å². The fourth-order valence-electron chi connectivity index (χ4n) is 4.13. The van der Waals surface area contributed by atoms with Crippen molar-refractivity contribution in [2.24, 2.45) is 0 Å². The Bertz CT molecular complexity index is 951. The third-order valence-electron chi connectivity index (χ3n) is 5.76. The van der Waals surface area contributed by atoms with E-state index in [2.05, 4.69) is 10.2 Å². The van der Waals surface area contributed by atoms with Crippen molar-refractivity contribution in [3.05, 3.63) is 57.6 Å². The van der Waals surface area contributed by atoms with E-state index in [-0.39, 0.29) is 11.8 Å². The van der Waals surface area contributed by atoms with Crippen LogP contribution in [0.3, 0.4) is 0 Å². The van der Waals surface area contributed by atoms with E-state index < -0.39 is 0 Å². The first-order valence-electron chi connectivity index (χ1n) is 10.5. The lowest BCUT2D eigenvalue weighted by Crippen LogP contribution is -2.34. The minimum Gasteiger partial charge on any atom is -0.371 e. The Kier molecular flexibility index (Phi) is 6.49. The summed E-state index contributed by atoms with van der Waals surface area (Å²) in [5.74, 6) is -0.252. The molecule has 7 heteroatoms. The standard InChI is InChI=1S/C23H25Cl2N3O2/c24-19-8-6-16(14-20(19)25)22(29)26-17-7-9-21(27-10-2-1-3-11-27)18(15-17)23(30)28-12-4-5-13-28/h6-9,14-15H,1-5,10-13H2,(H,26,29). The molecule has 2 aromatic rings. The van der Waals surface area contributed by atoms with Crippen molar-refractivity contribution in [1.29, 1.82) is 0 Å².